The van der Waals surface area contributed by atoms with E-state index in [1.807, 2.05) is 0 Å². The minimum atomic E-state index is -1.44. The van der Waals surface area contributed by atoms with E-state index < -0.39 is 24.4 Å². The Morgan fingerprint density at radius 2 is 1.92 bits per heavy atom. The molecule has 13 heavy (non-hydrogen) atoms. The summed E-state index contributed by atoms with van der Waals surface area (Å²) in [5.41, 5.74) is 0. The summed E-state index contributed by atoms with van der Waals surface area (Å²) in [6.07, 6.45) is -4.84. The van der Waals surface area contributed by atoms with Crippen LogP contribution in [-0.4, -0.2) is 58.9 Å². The van der Waals surface area contributed by atoms with Crippen LogP contribution in [0.4, 0.5) is 0 Å². The average molecular weight is 210 g/mol. The Morgan fingerprint density at radius 1 is 1.38 bits per heavy atom. The first-order valence-electron chi connectivity index (χ1n) is 3.71. The highest BCUT2D eigenvalue weighted by atomic mass is 32.1. The first-order chi connectivity index (χ1) is 6.08. The first-order valence-corrected chi connectivity index (χ1v) is 4.34. The first kappa shape index (κ1) is 12.9. The second-order valence-corrected chi connectivity index (χ2v) is 2.93. The van der Waals surface area contributed by atoms with E-state index in [1.54, 1.807) is 0 Å². The number of carbonyl (C=O) groups excluding carboxylic acids is 1. The van der Waals surface area contributed by atoms with Gasteiger partial charge in [-0.15, -0.1) is 0 Å². The Hall–Kier alpha value is -0.140. The molecular weight excluding hydrogens is 196 g/mol. The fourth-order valence-electron chi connectivity index (χ4n) is 0.805. The maximum atomic E-state index is 10.3. The van der Waals surface area contributed by atoms with E-state index in [4.69, 9.17) is 5.11 Å². The number of aldehydes is 1. The molecule has 0 aromatic carbocycles. The van der Waals surface area contributed by atoms with Crippen molar-refractivity contribution in [1.29, 1.82) is 0 Å². The van der Waals surface area contributed by atoms with E-state index in [0.717, 1.165) is 0 Å². The van der Waals surface area contributed by atoms with E-state index in [0.29, 0.717) is 6.29 Å². The molecule has 0 heterocycles. The third kappa shape index (κ3) is 3.61. The summed E-state index contributed by atoms with van der Waals surface area (Å²) in [5, 5.41) is 27.6. The van der Waals surface area contributed by atoms with Crippen LogP contribution in [0.5, 0.6) is 0 Å². The van der Waals surface area contributed by atoms with E-state index in [9.17, 15) is 15.0 Å². The Labute approximate surface area is 81.7 Å². The molecule has 0 unspecified atom stereocenters. The number of hydrogen-bond donors (Lipinski definition) is 4. The number of thiol groups is 1. The van der Waals surface area contributed by atoms with E-state index in [2.05, 4.69) is 17.4 Å². The number of aliphatic hydroxyl groups excluding tert-OH is 3. The molecule has 0 rings (SSSR count). The van der Waals surface area contributed by atoms with Crippen molar-refractivity contribution < 1.29 is 24.9 Å². The van der Waals surface area contributed by atoms with Crippen molar-refractivity contribution in [2.75, 3.05) is 12.9 Å². The SMILES string of the molecule is CO[C@@H](C=O)[C@@H](O)[C@@H](O)[C@H](O)CS. The van der Waals surface area contributed by atoms with Gasteiger partial charge in [-0.25, -0.2) is 0 Å². The zero-order valence-corrected chi connectivity index (χ0v) is 8.09. The third-order valence-electron chi connectivity index (χ3n) is 1.67. The Balaban J connectivity index is 4.21. The van der Waals surface area contributed by atoms with Gasteiger partial charge < -0.3 is 24.9 Å². The van der Waals surface area contributed by atoms with E-state index >= 15 is 0 Å². The minimum absolute atomic E-state index is 0.00643. The second-order valence-electron chi connectivity index (χ2n) is 2.57. The van der Waals surface area contributed by atoms with Crippen LogP contribution in [-0.2, 0) is 9.53 Å². The molecule has 0 saturated carbocycles. The molecule has 0 aromatic heterocycles. The lowest BCUT2D eigenvalue weighted by atomic mass is 10.0. The lowest BCUT2D eigenvalue weighted by Gasteiger charge is -2.24. The molecule has 3 N–H and O–H groups in total. The summed E-state index contributed by atoms with van der Waals surface area (Å²) < 4.78 is 4.56. The predicted molar refractivity (Wildman–Crippen MR) is 48.7 cm³/mol. The molecule has 0 aliphatic rings. The lowest BCUT2D eigenvalue weighted by Crippen LogP contribution is -2.46. The summed E-state index contributed by atoms with van der Waals surface area (Å²) in [4.78, 5) is 10.3. The smallest absolute Gasteiger partial charge is 0.151 e. The minimum Gasteiger partial charge on any atom is -0.389 e. The standard InChI is InChI=1S/C7H14O5S/c1-12-5(2-8)7(11)6(10)4(9)3-13/h2,4-7,9-11,13H,3H2,1H3/t4-,5+,6+,7-/m1/s1. The fourth-order valence-corrected chi connectivity index (χ4v) is 1.02. The summed E-state index contributed by atoms with van der Waals surface area (Å²) in [6, 6.07) is 0. The molecule has 0 aliphatic heterocycles. The van der Waals surface area contributed by atoms with Gasteiger partial charge in [-0.1, -0.05) is 0 Å². The highest BCUT2D eigenvalue weighted by Crippen LogP contribution is 2.07. The molecule has 0 saturated heterocycles. The van der Waals surface area contributed by atoms with Gasteiger partial charge in [-0.05, 0) is 0 Å². The van der Waals surface area contributed by atoms with Crippen LogP contribution < -0.4 is 0 Å². The summed E-state index contributed by atoms with van der Waals surface area (Å²) in [7, 11) is 1.22. The van der Waals surface area contributed by atoms with Gasteiger partial charge >= 0.3 is 0 Å². The van der Waals surface area contributed by atoms with Crippen molar-refractivity contribution in [3.05, 3.63) is 0 Å². The molecule has 0 bridgehead atoms. The predicted octanol–water partition coefficient (Wildman–Crippen LogP) is -1.79. The van der Waals surface area contributed by atoms with Crippen LogP contribution in [0.15, 0.2) is 0 Å². The van der Waals surface area contributed by atoms with Gasteiger partial charge in [0.1, 0.15) is 18.3 Å². The van der Waals surface area contributed by atoms with Crippen molar-refractivity contribution in [2.24, 2.45) is 0 Å². The van der Waals surface area contributed by atoms with E-state index in [-0.39, 0.29) is 5.75 Å². The topological polar surface area (TPSA) is 87.0 Å². The highest BCUT2D eigenvalue weighted by Gasteiger charge is 2.30. The molecule has 0 aliphatic carbocycles. The molecule has 0 aromatic rings. The van der Waals surface area contributed by atoms with Crippen LogP contribution in [0.25, 0.3) is 0 Å². The molecule has 0 spiro atoms. The highest BCUT2D eigenvalue weighted by molar-refractivity contribution is 7.80. The van der Waals surface area contributed by atoms with Crippen LogP contribution in [0.3, 0.4) is 0 Å². The van der Waals surface area contributed by atoms with Crippen molar-refractivity contribution >= 4 is 18.9 Å². The summed E-state index contributed by atoms with van der Waals surface area (Å²) in [5.74, 6) is -0.00643. The van der Waals surface area contributed by atoms with Crippen LogP contribution in [0, 0.1) is 0 Å². The summed E-state index contributed by atoms with van der Waals surface area (Å²) >= 11 is 3.73. The largest absolute Gasteiger partial charge is 0.389 e. The number of ether oxygens (including phenoxy) is 1. The van der Waals surface area contributed by atoms with Crippen LogP contribution in [0.2, 0.25) is 0 Å². The molecule has 4 atom stereocenters. The normalized spacial score (nSPS) is 20.4. The number of methoxy groups -OCH3 is 1. The van der Waals surface area contributed by atoms with Gasteiger partial charge in [0.05, 0.1) is 6.10 Å². The molecular formula is C7H14O5S. The van der Waals surface area contributed by atoms with E-state index in [1.165, 1.54) is 7.11 Å². The lowest BCUT2D eigenvalue weighted by molar-refractivity contribution is -0.136. The number of carbonyl (C=O) groups is 1. The number of aliphatic hydroxyl groups is 3. The maximum absolute atomic E-state index is 10.3. The van der Waals surface area contributed by atoms with Crippen molar-refractivity contribution in [3.8, 4) is 0 Å². The van der Waals surface area contributed by atoms with Crippen molar-refractivity contribution in [3.63, 3.8) is 0 Å². The zero-order valence-electron chi connectivity index (χ0n) is 7.20. The summed E-state index contributed by atoms with van der Waals surface area (Å²) in [6.45, 7) is 0. The molecule has 5 nitrogen and oxygen atoms in total. The number of hydrogen-bond acceptors (Lipinski definition) is 6. The quantitative estimate of drug-likeness (QED) is 0.307. The van der Waals surface area contributed by atoms with Gasteiger partial charge in [-0.2, -0.15) is 12.6 Å². The molecule has 78 valence electrons. The second kappa shape index (κ2) is 6.33. The monoisotopic (exact) mass is 210 g/mol. The van der Waals surface area contributed by atoms with Gasteiger partial charge in [0.25, 0.3) is 0 Å². The van der Waals surface area contributed by atoms with Gasteiger partial charge in [0.15, 0.2) is 6.29 Å². The Morgan fingerprint density at radius 3 is 2.23 bits per heavy atom. The molecule has 0 fully saturated rings. The fraction of sp³-hybridized carbons (Fsp3) is 0.857. The Kier molecular flexibility index (Phi) is 6.27. The van der Waals surface area contributed by atoms with Crippen LogP contribution >= 0.6 is 12.6 Å². The number of rotatable bonds is 6. The molecule has 0 radical (unpaired) electrons. The van der Waals surface area contributed by atoms with Gasteiger partial charge in [0, 0.05) is 12.9 Å². The third-order valence-corrected chi connectivity index (χ3v) is 2.05. The zero-order chi connectivity index (χ0) is 10.4. The van der Waals surface area contributed by atoms with Gasteiger partial charge in [-0.3, -0.25) is 0 Å². The van der Waals surface area contributed by atoms with Crippen molar-refractivity contribution in [1.82, 2.24) is 0 Å². The van der Waals surface area contributed by atoms with Gasteiger partial charge in [0.2, 0.25) is 0 Å². The maximum Gasteiger partial charge on any atom is 0.151 e. The molecule has 6 heteroatoms. The molecule has 0 amide bonds. The average Bonchev–Trinajstić information content (AvgIpc) is 2.17. The van der Waals surface area contributed by atoms with Crippen LogP contribution in [0.1, 0.15) is 0 Å². The van der Waals surface area contributed by atoms with Crippen molar-refractivity contribution in [2.45, 2.75) is 24.4 Å². The Bertz CT molecular complexity index is 154.